The third-order valence-electron chi connectivity index (χ3n) is 6.24. The molecule has 4 aliphatic carbocycles. The maximum absolute atomic E-state index is 12.2. The Kier molecular flexibility index (Phi) is 3.66. The molecule has 0 aromatic carbocycles. The lowest BCUT2D eigenvalue weighted by Crippen LogP contribution is -2.57. The summed E-state index contributed by atoms with van der Waals surface area (Å²) < 4.78 is 7.61. The van der Waals surface area contributed by atoms with Crippen molar-refractivity contribution in [2.45, 2.75) is 63.8 Å². The molecule has 7 heteroatoms. The van der Waals surface area contributed by atoms with Crippen molar-refractivity contribution >= 4 is 17.7 Å². The average molecular weight is 336 g/mol. The van der Waals surface area contributed by atoms with E-state index >= 15 is 0 Å². The molecule has 4 aliphatic rings. The molecule has 0 amide bonds. The van der Waals surface area contributed by atoms with E-state index in [4.69, 9.17) is 4.74 Å². The number of carbonyl (C=O) groups excluding carboxylic acids is 1. The molecule has 0 saturated heterocycles. The molecule has 4 atom stereocenters. The fourth-order valence-electron chi connectivity index (χ4n) is 4.41. The van der Waals surface area contributed by atoms with Crippen molar-refractivity contribution in [2.75, 3.05) is 5.75 Å². The van der Waals surface area contributed by atoms with Gasteiger partial charge in [-0.25, -0.2) is 4.68 Å². The molecule has 0 spiro atoms. The average Bonchev–Trinajstić information content (AvgIpc) is 3.25. The number of ether oxygens (including phenoxy) is 1. The summed E-state index contributed by atoms with van der Waals surface area (Å²) in [4.78, 5) is 12.2. The highest BCUT2D eigenvalue weighted by atomic mass is 32.2. The summed E-state index contributed by atoms with van der Waals surface area (Å²) in [5.41, 5.74) is 0.420. The van der Waals surface area contributed by atoms with Gasteiger partial charge < -0.3 is 4.74 Å². The maximum Gasteiger partial charge on any atom is 0.316 e. The molecular weight excluding hydrogens is 312 g/mol. The van der Waals surface area contributed by atoms with Gasteiger partial charge in [0, 0.05) is 0 Å². The normalized spacial score (nSPS) is 34.7. The molecule has 0 N–H and O–H groups in total. The van der Waals surface area contributed by atoms with Crippen LogP contribution in [0.5, 0.6) is 0 Å². The second kappa shape index (κ2) is 5.46. The van der Waals surface area contributed by atoms with Gasteiger partial charge in [0.2, 0.25) is 5.16 Å². The van der Waals surface area contributed by atoms with Gasteiger partial charge in [-0.15, -0.1) is 5.10 Å². The number of aromatic nitrogens is 4. The Bertz CT molecular complexity index is 613. The number of nitrogens with zero attached hydrogens (tertiary/aromatic N) is 4. The van der Waals surface area contributed by atoms with Gasteiger partial charge in [0.1, 0.15) is 6.10 Å². The lowest BCUT2D eigenvalue weighted by molar-refractivity contribution is -0.183. The number of hydrogen-bond donors (Lipinski definition) is 0. The number of thioether (sulfide) groups is 1. The second-order valence-corrected chi connectivity index (χ2v) is 8.85. The summed E-state index contributed by atoms with van der Waals surface area (Å²) in [5.74, 6) is 2.00. The van der Waals surface area contributed by atoms with Crippen LogP contribution in [0, 0.1) is 23.2 Å². The predicted octanol–water partition coefficient (Wildman–Crippen LogP) is 2.71. The molecule has 4 fully saturated rings. The smallest absolute Gasteiger partial charge is 0.316 e. The van der Waals surface area contributed by atoms with Crippen molar-refractivity contribution in [3.8, 4) is 0 Å². The van der Waals surface area contributed by atoms with Crippen LogP contribution in [0.2, 0.25) is 0 Å². The number of hydrogen-bond acceptors (Lipinski definition) is 6. The number of rotatable bonds is 5. The van der Waals surface area contributed by atoms with E-state index in [1.807, 2.05) is 4.68 Å². The van der Waals surface area contributed by atoms with Gasteiger partial charge in [-0.2, -0.15) is 0 Å². The fourth-order valence-corrected chi connectivity index (χ4v) is 5.14. The Hall–Kier alpha value is -1.11. The zero-order chi connectivity index (χ0) is 16.2. The Morgan fingerprint density at radius 2 is 2.17 bits per heavy atom. The molecule has 2 bridgehead atoms. The van der Waals surface area contributed by atoms with Gasteiger partial charge in [0.15, 0.2) is 0 Å². The Labute approximate surface area is 140 Å². The van der Waals surface area contributed by atoms with Crippen LogP contribution in [0.25, 0.3) is 0 Å². The van der Waals surface area contributed by atoms with E-state index in [0.29, 0.717) is 29.2 Å². The first-order chi connectivity index (χ1) is 11.0. The first-order valence-corrected chi connectivity index (χ1v) is 9.55. The highest BCUT2D eigenvalue weighted by Gasteiger charge is 2.57. The van der Waals surface area contributed by atoms with Crippen molar-refractivity contribution in [2.24, 2.45) is 23.2 Å². The minimum absolute atomic E-state index is 0.0827. The van der Waals surface area contributed by atoms with Crippen molar-refractivity contribution in [1.29, 1.82) is 0 Å². The van der Waals surface area contributed by atoms with Crippen LogP contribution in [0.15, 0.2) is 5.16 Å². The van der Waals surface area contributed by atoms with Gasteiger partial charge in [-0.3, -0.25) is 4.79 Å². The first kappa shape index (κ1) is 15.4. The van der Waals surface area contributed by atoms with Crippen LogP contribution >= 0.6 is 11.8 Å². The molecule has 0 radical (unpaired) electrons. The summed E-state index contributed by atoms with van der Waals surface area (Å²) >= 11 is 1.38. The topological polar surface area (TPSA) is 69.9 Å². The standard InChI is InChI=1S/C16H24N4O2S/c1-9-12-6-10(16(12,2)3)7-13(9)22-14(21)8-23-15-17-18-19-20(15)11-4-5-11/h9-13H,4-8H2,1-3H3/t9-,10+,12+,13-/m0/s1. The van der Waals surface area contributed by atoms with Gasteiger partial charge in [-0.05, 0) is 59.3 Å². The Morgan fingerprint density at radius 1 is 1.39 bits per heavy atom. The zero-order valence-electron chi connectivity index (χ0n) is 13.9. The van der Waals surface area contributed by atoms with Crippen LogP contribution in [0.3, 0.4) is 0 Å². The van der Waals surface area contributed by atoms with Crippen molar-refractivity contribution in [3.05, 3.63) is 0 Å². The molecule has 126 valence electrons. The summed E-state index contributed by atoms with van der Waals surface area (Å²) in [5, 5.41) is 12.4. The molecule has 0 aliphatic heterocycles. The number of esters is 1. The predicted molar refractivity (Wildman–Crippen MR) is 85.9 cm³/mol. The van der Waals surface area contributed by atoms with E-state index in [1.54, 1.807) is 0 Å². The Balaban J connectivity index is 1.30. The minimum atomic E-state index is -0.142. The highest BCUT2D eigenvalue weighted by Crippen LogP contribution is 2.61. The third-order valence-corrected chi connectivity index (χ3v) is 7.15. The first-order valence-electron chi connectivity index (χ1n) is 8.57. The summed E-state index contributed by atoms with van der Waals surface area (Å²) in [6.45, 7) is 6.95. The van der Waals surface area contributed by atoms with Crippen LogP contribution in [0.1, 0.15) is 52.5 Å². The van der Waals surface area contributed by atoms with Crippen molar-refractivity contribution in [1.82, 2.24) is 20.2 Å². The molecule has 1 heterocycles. The second-order valence-electron chi connectivity index (χ2n) is 7.91. The molecule has 1 aromatic rings. The van der Waals surface area contributed by atoms with Crippen LogP contribution in [-0.4, -0.2) is 38.0 Å². The summed E-state index contributed by atoms with van der Waals surface area (Å²) in [7, 11) is 0. The highest BCUT2D eigenvalue weighted by molar-refractivity contribution is 7.99. The van der Waals surface area contributed by atoms with E-state index in [-0.39, 0.29) is 17.8 Å². The number of fused-ring (bicyclic) bond motifs is 2. The molecule has 6 nitrogen and oxygen atoms in total. The zero-order valence-corrected chi connectivity index (χ0v) is 14.8. The monoisotopic (exact) mass is 336 g/mol. The van der Waals surface area contributed by atoms with Crippen LogP contribution in [-0.2, 0) is 9.53 Å². The van der Waals surface area contributed by atoms with Gasteiger partial charge in [0.05, 0.1) is 11.8 Å². The van der Waals surface area contributed by atoms with Crippen LogP contribution in [0.4, 0.5) is 0 Å². The molecule has 0 unspecified atom stereocenters. The lowest BCUT2D eigenvalue weighted by atomic mass is 9.45. The molecular formula is C16H24N4O2S. The van der Waals surface area contributed by atoms with E-state index in [0.717, 1.165) is 24.4 Å². The quantitative estimate of drug-likeness (QED) is 0.608. The lowest BCUT2D eigenvalue weighted by Gasteiger charge is -2.61. The van der Waals surface area contributed by atoms with Crippen molar-refractivity contribution in [3.63, 3.8) is 0 Å². The SMILES string of the molecule is C[C@@H]1[C@@H](OC(=O)CSc2nnnn2C2CC2)C[C@H]2C[C@H]1C2(C)C. The van der Waals surface area contributed by atoms with E-state index in [9.17, 15) is 4.79 Å². The number of carbonyl (C=O) groups is 1. The fraction of sp³-hybridized carbons (Fsp3) is 0.875. The van der Waals surface area contributed by atoms with E-state index in [2.05, 4.69) is 36.3 Å². The summed E-state index contributed by atoms with van der Waals surface area (Å²) in [6.07, 6.45) is 4.65. The maximum atomic E-state index is 12.2. The van der Waals surface area contributed by atoms with Gasteiger partial charge >= 0.3 is 5.97 Å². The van der Waals surface area contributed by atoms with E-state index < -0.39 is 0 Å². The minimum Gasteiger partial charge on any atom is -0.461 e. The van der Waals surface area contributed by atoms with Crippen LogP contribution < -0.4 is 0 Å². The Morgan fingerprint density at radius 3 is 2.83 bits per heavy atom. The largest absolute Gasteiger partial charge is 0.461 e. The molecule has 4 saturated carbocycles. The van der Waals surface area contributed by atoms with Crippen molar-refractivity contribution < 1.29 is 9.53 Å². The molecule has 1 aromatic heterocycles. The third kappa shape index (κ3) is 2.66. The van der Waals surface area contributed by atoms with Gasteiger partial charge in [0.25, 0.3) is 0 Å². The molecule has 5 rings (SSSR count). The number of tetrazole rings is 1. The molecule has 23 heavy (non-hydrogen) atoms. The van der Waals surface area contributed by atoms with Gasteiger partial charge in [-0.1, -0.05) is 32.5 Å². The summed E-state index contributed by atoms with van der Waals surface area (Å²) in [6, 6.07) is 0.427. The van der Waals surface area contributed by atoms with E-state index in [1.165, 1.54) is 18.2 Å².